The Balaban J connectivity index is 2.06. The fourth-order valence-corrected chi connectivity index (χ4v) is 1.99. The van der Waals surface area contributed by atoms with Crippen molar-refractivity contribution in [2.24, 2.45) is 0 Å². The number of para-hydroxylation sites is 1. The van der Waals surface area contributed by atoms with Crippen LogP contribution < -0.4 is 10.1 Å². The minimum Gasteiger partial charge on any atom is -0.481 e. The van der Waals surface area contributed by atoms with Crippen LogP contribution in [0.2, 0.25) is 0 Å². The van der Waals surface area contributed by atoms with E-state index in [0.29, 0.717) is 17.0 Å². The maximum atomic E-state index is 12.3. The van der Waals surface area contributed by atoms with Gasteiger partial charge in [-0.3, -0.25) is 4.79 Å². The molecule has 0 saturated heterocycles. The number of methoxy groups -OCH3 is 1. The Morgan fingerprint density at radius 2 is 1.70 bits per heavy atom. The van der Waals surface area contributed by atoms with Crippen LogP contribution in [0.25, 0.3) is 0 Å². The van der Waals surface area contributed by atoms with Crippen molar-refractivity contribution in [2.75, 3.05) is 12.4 Å². The van der Waals surface area contributed by atoms with Gasteiger partial charge in [-0.15, -0.1) is 0 Å². The topological polar surface area (TPSA) is 64.6 Å². The number of carbonyl (C=O) groups excluding carboxylic acids is 2. The van der Waals surface area contributed by atoms with Gasteiger partial charge in [-0.05, 0) is 38.1 Å². The monoisotopic (exact) mass is 313 g/mol. The molecule has 0 fully saturated rings. The number of anilines is 1. The molecule has 0 saturated carbocycles. The molecule has 0 bridgehead atoms. The van der Waals surface area contributed by atoms with Gasteiger partial charge in [-0.1, -0.05) is 29.8 Å². The Labute approximate surface area is 135 Å². The van der Waals surface area contributed by atoms with Crippen molar-refractivity contribution in [3.63, 3.8) is 0 Å². The van der Waals surface area contributed by atoms with Gasteiger partial charge in [0.15, 0.2) is 6.10 Å². The molecule has 0 spiro atoms. The van der Waals surface area contributed by atoms with E-state index in [1.54, 1.807) is 31.2 Å². The maximum Gasteiger partial charge on any atom is 0.339 e. The lowest BCUT2D eigenvalue weighted by Gasteiger charge is -2.16. The smallest absolute Gasteiger partial charge is 0.339 e. The number of ether oxygens (including phenoxy) is 2. The molecule has 0 aliphatic carbocycles. The number of esters is 1. The number of hydrogen-bond acceptors (Lipinski definition) is 4. The summed E-state index contributed by atoms with van der Waals surface area (Å²) in [5, 5.41) is 2.69. The molecule has 23 heavy (non-hydrogen) atoms. The summed E-state index contributed by atoms with van der Waals surface area (Å²) in [5.74, 6) is -0.241. The van der Waals surface area contributed by atoms with Crippen molar-refractivity contribution in [3.05, 3.63) is 59.7 Å². The fourth-order valence-electron chi connectivity index (χ4n) is 1.99. The Morgan fingerprint density at radius 3 is 2.35 bits per heavy atom. The number of rotatable bonds is 5. The lowest BCUT2D eigenvalue weighted by molar-refractivity contribution is -0.122. The first kappa shape index (κ1) is 16.5. The first-order valence-corrected chi connectivity index (χ1v) is 7.23. The van der Waals surface area contributed by atoms with E-state index < -0.39 is 12.1 Å². The van der Waals surface area contributed by atoms with Gasteiger partial charge in [0.1, 0.15) is 5.75 Å². The van der Waals surface area contributed by atoms with E-state index in [9.17, 15) is 9.59 Å². The van der Waals surface area contributed by atoms with Gasteiger partial charge in [-0.2, -0.15) is 0 Å². The zero-order valence-electron chi connectivity index (χ0n) is 13.3. The summed E-state index contributed by atoms with van der Waals surface area (Å²) >= 11 is 0. The minimum absolute atomic E-state index is 0.297. The highest BCUT2D eigenvalue weighted by atomic mass is 16.5. The van der Waals surface area contributed by atoms with Crippen molar-refractivity contribution < 1.29 is 19.1 Å². The summed E-state index contributed by atoms with van der Waals surface area (Å²) in [4.78, 5) is 24.0. The van der Waals surface area contributed by atoms with Crippen LogP contribution in [-0.2, 0) is 9.53 Å². The first-order chi connectivity index (χ1) is 11.0. The zero-order chi connectivity index (χ0) is 16.8. The number of aryl methyl sites for hydroxylation is 1. The van der Waals surface area contributed by atoms with E-state index in [-0.39, 0.29) is 5.91 Å². The van der Waals surface area contributed by atoms with Crippen LogP contribution in [0.4, 0.5) is 5.69 Å². The molecule has 1 N–H and O–H groups in total. The van der Waals surface area contributed by atoms with Gasteiger partial charge >= 0.3 is 5.97 Å². The van der Waals surface area contributed by atoms with E-state index >= 15 is 0 Å². The van der Waals surface area contributed by atoms with Crippen LogP contribution in [-0.4, -0.2) is 25.1 Å². The average molecular weight is 313 g/mol. The Morgan fingerprint density at radius 1 is 1.04 bits per heavy atom. The Kier molecular flexibility index (Phi) is 5.36. The van der Waals surface area contributed by atoms with Crippen LogP contribution in [0.5, 0.6) is 5.75 Å². The maximum absolute atomic E-state index is 12.3. The van der Waals surface area contributed by atoms with Gasteiger partial charge in [0.2, 0.25) is 0 Å². The summed E-state index contributed by atoms with van der Waals surface area (Å²) in [7, 11) is 1.30. The van der Waals surface area contributed by atoms with Gasteiger partial charge in [0, 0.05) is 0 Å². The number of hydrogen-bond donors (Lipinski definition) is 1. The summed E-state index contributed by atoms with van der Waals surface area (Å²) in [5.41, 5.74) is 1.80. The predicted molar refractivity (Wildman–Crippen MR) is 87.7 cm³/mol. The number of benzene rings is 2. The van der Waals surface area contributed by atoms with Crippen LogP contribution in [0, 0.1) is 6.92 Å². The predicted octanol–water partition coefficient (Wildman–Crippen LogP) is 3.19. The molecule has 2 aromatic carbocycles. The van der Waals surface area contributed by atoms with Crippen molar-refractivity contribution in [1.29, 1.82) is 0 Å². The number of carbonyl (C=O) groups is 2. The summed E-state index contributed by atoms with van der Waals surface area (Å²) in [6.07, 6.45) is -0.705. The molecular weight excluding hydrogens is 294 g/mol. The number of nitrogens with one attached hydrogen (secondary N) is 1. The van der Waals surface area contributed by atoms with Gasteiger partial charge < -0.3 is 14.8 Å². The highest BCUT2D eigenvalue weighted by molar-refractivity contribution is 6.02. The highest BCUT2D eigenvalue weighted by Gasteiger charge is 2.18. The molecule has 5 heteroatoms. The van der Waals surface area contributed by atoms with E-state index in [0.717, 1.165) is 5.56 Å². The van der Waals surface area contributed by atoms with Crippen molar-refractivity contribution >= 4 is 17.6 Å². The molecule has 0 aromatic heterocycles. The molecule has 0 heterocycles. The fraction of sp³-hybridized carbons (Fsp3) is 0.222. The minimum atomic E-state index is -0.705. The normalized spacial score (nSPS) is 11.4. The molecular formula is C18H19NO4. The van der Waals surface area contributed by atoms with E-state index in [1.807, 2.05) is 31.2 Å². The molecule has 5 nitrogen and oxygen atoms in total. The van der Waals surface area contributed by atoms with Crippen molar-refractivity contribution in [1.82, 2.24) is 0 Å². The molecule has 0 unspecified atom stereocenters. The lowest BCUT2D eigenvalue weighted by atomic mass is 10.1. The second-order valence-corrected chi connectivity index (χ2v) is 5.10. The standard InChI is InChI=1S/C18H19NO4/c1-12-8-10-14(11-9-12)23-13(2)17(20)19-16-7-5-4-6-15(16)18(21)22-3/h4-11,13H,1-3H3,(H,19,20)/t13-/m0/s1. The van der Waals surface area contributed by atoms with Crippen LogP contribution in [0.3, 0.4) is 0 Å². The second-order valence-electron chi connectivity index (χ2n) is 5.10. The largest absolute Gasteiger partial charge is 0.481 e. The quantitative estimate of drug-likeness (QED) is 0.861. The van der Waals surface area contributed by atoms with E-state index in [1.165, 1.54) is 7.11 Å². The van der Waals surface area contributed by atoms with Crippen LogP contribution in [0.1, 0.15) is 22.8 Å². The van der Waals surface area contributed by atoms with Gasteiger partial charge in [0.25, 0.3) is 5.91 Å². The molecule has 2 rings (SSSR count). The molecule has 0 aliphatic heterocycles. The molecule has 1 amide bonds. The van der Waals surface area contributed by atoms with E-state index in [4.69, 9.17) is 9.47 Å². The number of amides is 1. The molecule has 120 valence electrons. The van der Waals surface area contributed by atoms with Crippen molar-refractivity contribution in [3.8, 4) is 5.75 Å². The third kappa shape index (κ3) is 4.32. The first-order valence-electron chi connectivity index (χ1n) is 7.23. The highest BCUT2D eigenvalue weighted by Crippen LogP contribution is 2.18. The SMILES string of the molecule is COC(=O)c1ccccc1NC(=O)[C@H](C)Oc1ccc(C)cc1. The molecule has 1 atom stereocenters. The Hall–Kier alpha value is -2.82. The third-order valence-electron chi connectivity index (χ3n) is 3.29. The van der Waals surface area contributed by atoms with Crippen LogP contribution >= 0.6 is 0 Å². The molecule has 2 aromatic rings. The molecule has 0 radical (unpaired) electrons. The lowest BCUT2D eigenvalue weighted by Crippen LogP contribution is -2.30. The molecule has 0 aliphatic rings. The van der Waals surface area contributed by atoms with Gasteiger partial charge in [0.05, 0.1) is 18.4 Å². The zero-order valence-corrected chi connectivity index (χ0v) is 13.3. The third-order valence-corrected chi connectivity index (χ3v) is 3.29. The average Bonchev–Trinajstić information content (AvgIpc) is 2.56. The summed E-state index contributed by atoms with van der Waals surface area (Å²) < 4.78 is 10.3. The second kappa shape index (κ2) is 7.45. The van der Waals surface area contributed by atoms with Crippen LogP contribution in [0.15, 0.2) is 48.5 Å². The van der Waals surface area contributed by atoms with Crippen molar-refractivity contribution in [2.45, 2.75) is 20.0 Å². The Bertz CT molecular complexity index is 694. The van der Waals surface area contributed by atoms with E-state index in [2.05, 4.69) is 5.32 Å². The summed E-state index contributed by atoms with van der Waals surface area (Å²) in [6, 6.07) is 14.1. The summed E-state index contributed by atoms with van der Waals surface area (Å²) in [6.45, 7) is 3.62. The van der Waals surface area contributed by atoms with Gasteiger partial charge in [-0.25, -0.2) is 4.79 Å².